The number of nitrogens with zero attached hydrogens (tertiary/aromatic N) is 3. The number of thioether (sulfide) groups is 1. The maximum Gasteiger partial charge on any atom is 0.205 e. The highest BCUT2D eigenvalue weighted by atomic mass is 32.2. The van der Waals surface area contributed by atoms with Crippen LogP contribution in [0.15, 0.2) is 0 Å². The van der Waals surface area contributed by atoms with Crippen molar-refractivity contribution in [2.75, 3.05) is 24.2 Å². The highest BCUT2D eigenvalue weighted by Gasteiger charge is 2.19. The number of aromatic nitrogens is 2. The largest absolute Gasteiger partial charge is 0.346 e. The lowest BCUT2D eigenvalue weighted by Gasteiger charge is -2.22. The molecule has 1 fully saturated rings. The van der Waals surface area contributed by atoms with Gasteiger partial charge in [-0.3, -0.25) is 0 Å². The van der Waals surface area contributed by atoms with Gasteiger partial charge in [-0.1, -0.05) is 6.42 Å². The molecule has 5 heteroatoms. The van der Waals surface area contributed by atoms with E-state index in [4.69, 9.17) is 0 Å². The Kier molecular flexibility index (Phi) is 3.86. The standard InChI is InChI=1S/C10H17N3S2/c1-8-11-10(15-12-8)13-6-4-3-5-9(7-13)14-2/h9H,3-7H2,1-2H3. The number of hydrogen-bond donors (Lipinski definition) is 0. The van der Waals surface area contributed by atoms with Crippen LogP contribution in [0.2, 0.25) is 0 Å². The number of aryl methyl sites for hydroxylation is 1. The van der Waals surface area contributed by atoms with E-state index in [1.54, 1.807) is 0 Å². The van der Waals surface area contributed by atoms with E-state index >= 15 is 0 Å². The first-order valence-electron chi connectivity index (χ1n) is 5.37. The lowest BCUT2D eigenvalue weighted by molar-refractivity contribution is 0.736. The summed E-state index contributed by atoms with van der Waals surface area (Å²) in [6.45, 7) is 4.24. The van der Waals surface area contributed by atoms with Crippen molar-refractivity contribution in [3.63, 3.8) is 0 Å². The van der Waals surface area contributed by atoms with Crippen LogP contribution < -0.4 is 4.90 Å². The van der Waals surface area contributed by atoms with E-state index in [9.17, 15) is 0 Å². The molecule has 3 nitrogen and oxygen atoms in total. The first kappa shape index (κ1) is 11.2. The summed E-state index contributed by atoms with van der Waals surface area (Å²) in [6.07, 6.45) is 6.18. The first-order chi connectivity index (χ1) is 7.29. The van der Waals surface area contributed by atoms with Crippen LogP contribution in [0, 0.1) is 6.92 Å². The Hall–Kier alpha value is -0.290. The summed E-state index contributed by atoms with van der Waals surface area (Å²) >= 11 is 3.51. The molecular weight excluding hydrogens is 226 g/mol. The van der Waals surface area contributed by atoms with E-state index in [0.717, 1.165) is 29.3 Å². The molecule has 1 saturated heterocycles. The normalized spacial score (nSPS) is 22.8. The second kappa shape index (κ2) is 5.16. The molecule has 0 aromatic carbocycles. The minimum Gasteiger partial charge on any atom is -0.346 e. The lowest BCUT2D eigenvalue weighted by Crippen LogP contribution is -2.29. The molecule has 0 radical (unpaired) electrons. The molecule has 2 heterocycles. The van der Waals surface area contributed by atoms with Gasteiger partial charge in [-0.25, -0.2) is 4.98 Å². The summed E-state index contributed by atoms with van der Waals surface area (Å²) in [5, 5.41) is 1.87. The topological polar surface area (TPSA) is 29.0 Å². The maximum absolute atomic E-state index is 4.47. The second-order valence-electron chi connectivity index (χ2n) is 3.92. The predicted molar refractivity (Wildman–Crippen MR) is 68.0 cm³/mol. The molecule has 0 N–H and O–H groups in total. The zero-order valence-corrected chi connectivity index (χ0v) is 10.9. The fourth-order valence-corrected chi connectivity index (χ4v) is 3.32. The minimum absolute atomic E-state index is 0.761. The van der Waals surface area contributed by atoms with Crippen molar-refractivity contribution in [2.45, 2.75) is 31.4 Å². The third kappa shape index (κ3) is 2.84. The summed E-state index contributed by atoms with van der Waals surface area (Å²) in [5.41, 5.74) is 0. The van der Waals surface area contributed by atoms with Gasteiger partial charge in [0.05, 0.1) is 0 Å². The summed E-state index contributed by atoms with van der Waals surface area (Å²) in [7, 11) is 0. The zero-order chi connectivity index (χ0) is 10.7. The first-order valence-corrected chi connectivity index (χ1v) is 7.44. The molecule has 2 rings (SSSR count). The monoisotopic (exact) mass is 243 g/mol. The maximum atomic E-state index is 4.47. The summed E-state index contributed by atoms with van der Waals surface area (Å²) in [5.74, 6) is 0.903. The fraction of sp³-hybridized carbons (Fsp3) is 0.800. The van der Waals surface area contributed by atoms with Gasteiger partial charge in [0, 0.05) is 29.9 Å². The van der Waals surface area contributed by atoms with Gasteiger partial charge in [0.1, 0.15) is 5.82 Å². The Morgan fingerprint density at radius 3 is 3.00 bits per heavy atom. The highest BCUT2D eigenvalue weighted by Crippen LogP contribution is 2.25. The van der Waals surface area contributed by atoms with Crippen LogP contribution in [0.25, 0.3) is 0 Å². The molecule has 0 amide bonds. The van der Waals surface area contributed by atoms with Crippen LogP contribution >= 0.6 is 23.3 Å². The molecule has 84 valence electrons. The average Bonchev–Trinajstić information content (AvgIpc) is 2.54. The van der Waals surface area contributed by atoms with E-state index in [0.29, 0.717) is 0 Å². The van der Waals surface area contributed by atoms with Crippen LogP contribution in [0.3, 0.4) is 0 Å². The van der Waals surface area contributed by atoms with Crippen molar-refractivity contribution in [1.82, 2.24) is 9.36 Å². The molecular formula is C10H17N3S2. The smallest absolute Gasteiger partial charge is 0.205 e. The van der Waals surface area contributed by atoms with E-state index < -0.39 is 0 Å². The van der Waals surface area contributed by atoms with E-state index in [1.165, 1.54) is 30.8 Å². The Bertz CT molecular complexity index is 313. The SMILES string of the molecule is CSC1CCCCN(c2nc(C)ns2)C1. The van der Waals surface area contributed by atoms with Gasteiger partial charge in [0.2, 0.25) is 5.13 Å². The summed E-state index contributed by atoms with van der Waals surface area (Å²) < 4.78 is 4.26. The van der Waals surface area contributed by atoms with Crippen molar-refractivity contribution in [3.8, 4) is 0 Å². The minimum atomic E-state index is 0.761. The number of hydrogen-bond acceptors (Lipinski definition) is 5. The Morgan fingerprint density at radius 1 is 1.47 bits per heavy atom. The van der Waals surface area contributed by atoms with Crippen LogP contribution in [0.1, 0.15) is 25.1 Å². The third-order valence-corrected chi connectivity index (χ3v) is 4.67. The van der Waals surface area contributed by atoms with Crippen molar-refractivity contribution in [2.24, 2.45) is 0 Å². The van der Waals surface area contributed by atoms with Crippen molar-refractivity contribution < 1.29 is 0 Å². The number of rotatable bonds is 2. The van der Waals surface area contributed by atoms with Gasteiger partial charge in [-0.15, -0.1) is 0 Å². The molecule has 1 aromatic heterocycles. The van der Waals surface area contributed by atoms with Gasteiger partial charge < -0.3 is 4.90 Å². The van der Waals surface area contributed by atoms with Crippen molar-refractivity contribution in [3.05, 3.63) is 5.82 Å². The van der Waals surface area contributed by atoms with Crippen molar-refractivity contribution >= 4 is 28.4 Å². The van der Waals surface area contributed by atoms with E-state index in [2.05, 4.69) is 20.5 Å². The van der Waals surface area contributed by atoms with Gasteiger partial charge >= 0.3 is 0 Å². The molecule has 15 heavy (non-hydrogen) atoms. The fourth-order valence-electron chi connectivity index (χ4n) is 1.88. The average molecular weight is 243 g/mol. The predicted octanol–water partition coefficient (Wildman–Crippen LogP) is 2.57. The highest BCUT2D eigenvalue weighted by molar-refractivity contribution is 7.99. The quantitative estimate of drug-likeness (QED) is 0.798. The van der Waals surface area contributed by atoms with Crippen LogP contribution in [-0.4, -0.2) is 34.0 Å². The molecule has 1 atom stereocenters. The molecule has 0 saturated carbocycles. The second-order valence-corrected chi connectivity index (χ2v) is 5.79. The van der Waals surface area contributed by atoms with Gasteiger partial charge in [-0.2, -0.15) is 16.1 Å². The Morgan fingerprint density at radius 2 is 2.33 bits per heavy atom. The molecule has 1 aliphatic heterocycles. The molecule has 0 bridgehead atoms. The molecule has 0 spiro atoms. The Labute approximate surface area is 99.4 Å². The summed E-state index contributed by atoms with van der Waals surface area (Å²) in [6, 6.07) is 0. The van der Waals surface area contributed by atoms with Crippen molar-refractivity contribution in [1.29, 1.82) is 0 Å². The molecule has 1 unspecified atom stereocenters. The van der Waals surface area contributed by atoms with Crippen LogP contribution in [-0.2, 0) is 0 Å². The number of anilines is 1. The summed E-state index contributed by atoms with van der Waals surface area (Å²) in [4.78, 5) is 6.87. The van der Waals surface area contributed by atoms with Gasteiger partial charge in [0.15, 0.2) is 0 Å². The third-order valence-electron chi connectivity index (χ3n) is 2.75. The Balaban J connectivity index is 2.07. The van der Waals surface area contributed by atoms with Crippen LogP contribution in [0.4, 0.5) is 5.13 Å². The molecule has 1 aliphatic rings. The van der Waals surface area contributed by atoms with E-state index in [1.807, 2.05) is 18.7 Å². The zero-order valence-electron chi connectivity index (χ0n) is 9.27. The van der Waals surface area contributed by atoms with Gasteiger partial charge in [-0.05, 0) is 26.0 Å². The molecule has 1 aromatic rings. The molecule has 0 aliphatic carbocycles. The van der Waals surface area contributed by atoms with Crippen LogP contribution in [0.5, 0.6) is 0 Å². The lowest BCUT2D eigenvalue weighted by atomic mass is 10.2. The van der Waals surface area contributed by atoms with E-state index in [-0.39, 0.29) is 0 Å². The van der Waals surface area contributed by atoms with Gasteiger partial charge in [0.25, 0.3) is 0 Å².